The van der Waals surface area contributed by atoms with E-state index in [-0.39, 0.29) is 24.8 Å². The fraction of sp³-hybridized carbons (Fsp3) is 0.550. The van der Waals surface area contributed by atoms with Gasteiger partial charge in [0.1, 0.15) is 5.60 Å². The third kappa shape index (κ3) is 11.6. The van der Waals surface area contributed by atoms with E-state index in [2.05, 4.69) is 16.0 Å². The first-order valence-electron chi connectivity index (χ1n) is 9.21. The van der Waals surface area contributed by atoms with E-state index in [1.54, 1.807) is 20.8 Å². The summed E-state index contributed by atoms with van der Waals surface area (Å²) in [7, 11) is 0. The van der Waals surface area contributed by atoms with E-state index in [1.807, 2.05) is 31.2 Å². The molecule has 0 aliphatic carbocycles. The molecule has 0 saturated carbocycles. The highest BCUT2D eigenvalue weighted by atomic mass is 16.6. The lowest BCUT2D eigenvalue weighted by Crippen LogP contribution is -2.37. The van der Waals surface area contributed by atoms with Gasteiger partial charge < -0.3 is 20.7 Å². The molecule has 7 heteroatoms. The molecule has 0 fully saturated rings. The number of carbonyl (C=O) groups excluding carboxylic acids is 3. The molecule has 1 rings (SSSR count). The highest BCUT2D eigenvalue weighted by Crippen LogP contribution is 2.06. The van der Waals surface area contributed by atoms with Crippen LogP contribution < -0.4 is 16.0 Å². The molecule has 0 atom stereocenters. The topological polar surface area (TPSA) is 96.5 Å². The lowest BCUT2D eigenvalue weighted by atomic mass is 10.1. The Kier molecular flexibility index (Phi) is 9.33. The number of ether oxygens (including phenoxy) is 1. The first kappa shape index (κ1) is 22.5. The van der Waals surface area contributed by atoms with E-state index in [9.17, 15) is 14.4 Å². The maximum Gasteiger partial charge on any atom is 0.407 e. The zero-order valence-electron chi connectivity index (χ0n) is 16.7. The molecule has 3 amide bonds. The normalized spacial score (nSPS) is 10.8. The van der Waals surface area contributed by atoms with Gasteiger partial charge in [-0.1, -0.05) is 29.8 Å². The van der Waals surface area contributed by atoms with Crippen LogP contribution in [0, 0.1) is 6.92 Å². The van der Waals surface area contributed by atoms with Gasteiger partial charge in [0.05, 0.1) is 0 Å². The van der Waals surface area contributed by atoms with E-state index in [0.717, 1.165) is 5.56 Å². The van der Waals surface area contributed by atoms with Gasteiger partial charge in [-0.15, -0.1) is 0 Å². The predicted molar refractivity (Wildman–Crippen MR) is 104 cm³/mol. The zero-order chi connectivity index (χ0) is 20.3. The SMILES string of the molecule is Cc1ccc(CCC(=O)NCCNC(=O)CCNC(=O)OC(C)(C)C)cc1. The number of alkyl carbamates (subject to hydrolysis) is 1. The fourth-order valence-corrected chi connectivity index (χ4v) is 2.19. The number of amides is 3. The van der Waals surface area contributed by atoms with Crippen LogP contribution in [0.1, 0.15) is 44.7 Å². The minimum Gasteiger partial charge on any atom is -0.444 e. The fourth-order valence-electron chi connectivity index (χ4n) is 2.19. The molecular weight excluding hydrogens is 346 g/mol. The van der Waals surface area contributed by atoms with Gasteiger partial charge in [0.2, 0.25) is 11.8 Å². The largest absolute Gasteiger partial charge is 0.444 e. The van der Waals surface area contributed by atoms with Crippen molar-refractivity contribution >= 4 is 17.9 Å². The van der Waals surface area contributed by atoms with Crippen LogP contribution in [-0.2, 0) is 20.7 Å². The van der Waals surface area contributed by atoms with Crippen molar-refractivity contribution in [3.05, 3.63) is 35.4 Å². The summed E-state index contributed by atoms with van der Waals surface area (Å²) in [6, 6.07) is 8.10. The summed E-state index contributed by atoms with van der Waals surface area (Å²) in [5.41, 5.74) is 1.76. The first-order valence-corrected chi connectivity index (χ1v) is 9.21. The number of nitrogens with one attached hydrogen (secondary N) is 3. The Labute approximate surface area is 161 Å². The minimum atomic E-state index is -0.565. The Morgan fingerprint density at radius 3 is 1.96 bits per heavy atom. The van der Waals surface area contributed by atoms with Crippen LogP contribution in [0.4, 0.5) is 4.79 Å². The molecule has 0 saturated heterocycles. The van der Waals surface area contributed by atoms with Crippen molar-refractivity contribution in [1.29, 1.82) is 0 Å². The third-order valence-electron chi connectivity index (χ3n) is 3.55. The monoisotopic (exact) mass is 377 g/mol. The molecule has 27 heavy (non-hydrogen) atoms. The van der Waals surface area contributed by atoms with Gasteiger partial charge in [0, 0.05) is 32.5 Å². The Hall–Kier alpha value is -2.57. The smallest absolute Gasteiger partial charge is 0.407 e. The van der Waals surface area contributed by atoms with Crippen molar-refractivity contribution < 1.29 is 19.1 Å². The number of hydrogen-bond acceptors (Lipinski definition) is 4. The summed E-state index contributed by atoms with van der Waals surface area (Å²) < 4.78 is 5.08. The summed E-state index contributed by atoms with van der Waals surface area (Å²) in [6.45, 7) is 8.26. The van der Waals surface area contributed by atoms with Gasteiger partial charge in [-0.2, -0.15) is 0 Å². The Morgan fingerprint density at radius 1 is 0.852 bits per heavy atom. The van der Waals surface area contributed by atoms with Crippen molar-refractivity contribution in [1.82, 2.24) is 16.0 Å². The molecule has 1 aromatic carbocycles. The lowest BCUT2D eigenvalue weighted by molar-refractivity contribution is -0.122. The van der Waals surface area contributed by atoms with Crippen LogP contribution in [0.2, 0.25) is 0 Å². The molecule has 0 aromatic heterocycles. The van der Waals surface area contributed by atoms with Crippen molar-refractivity contribution in [3.8, 4) is 0 Å². The molecule has 1 aromatic rings. The average Bonchev–Trinajstić information content (AvgIpc) is 2.56. The molecule has 150 valence electrons. The molecule has 0 aliphatic rings. The molecule has 0 heterocycles. The highest BCUT2D eigenvalue weighted by molar-refractivity contribution is 5.77. The standard InChI is InChI=1S/C20H31N3O4/c1-15-5-7-16(8-6-15)9-10-17(24)21-13-14-22-18(25)11-12-23-19(26)27-20(2,3)4/h5-8H,9-14H2,1-4H3,(H,21,24)(H,22,25)(H,23,26). The van der Waals surface area contributed by atoms with Crippen LogP contribution in [0.3, 0.4) is 0 Å². The zero-order valence-corrected chi connectivity index (χ0v) is 16.7. The molecular formula is C20H31N3O4. The Bertz CT molecular complexity index is 621. The minimum absolute atomic E-state index is 0.0450. The van der Waals surface area contributed by atoms with Crippen LogP contribution in [0.15, 0.2) is 24.3 Å². The summed E-state index contributed by atoms with van der Waals surface area (Å²) in [5.74, 6) is -0.239. The Morgan fingerprint density at radius 2 is 1.41 bits per heavy atom. The summed E-state index contributed by atoms with van der Waals surface area (Å²) in [5, 5.41) is 7.99. The molecule has 0 unspecified atom stereocenters. The van der Waals surface area contributed by atoms with Gasteiger partial charge in [0.15, 0.2) is 0 Å². The van der Waals surface area contributed by atoms with Gasteiger partial charge in [-0.3, -0.25) is 9.59 Å². The van der Waals surface area contributed by atoms with Crippen LogP contribution in [0.5, 0.6) is 0 Å². The molecule has 7 nitrogen and oxygen atoms in total. The summed E-state index contributed by atoms with van der Waals surface area (Å²) in [6.07, 6.45) is 0.711. The molecule has 0 spiro atoms. The molecule has 0 bridgehead atoms. The third-order valence-corrected chi connectivity index (χ3v) is 3.55. The van der Waals surface area contributed by atoms with E-state index in [0.29, 0.717) is 25.9 Å². The second-order valence-corrected chi connectivity index (χ2v) is 7.36. The highest BCUT2D eigenvalue weighted by Gasteiger charge is 2.15. The van der Waals surface area contributed by atoms with Gasteiger partial charge >= 0.3 is 6.09 Å². The van der Waals surface area contributed by atoms with E-state index in [1.165, 1.54) is 5.56 Å². The number of benzene rings is 1. The van der Waals surface area contributed by atoms with Crippen LogP contribution in [0.25, 0.3) is 0 Å². The second-order valence-electron chi connectivity index (χ2n) is 7.36. The van der Waals surface area contributed by atoms with Crippen molar-refractivity contribution in [2.24, 2.45) is 0 Å². The van der Waals surface area contributed by atoms with E-state index >= 15 is 0 Å². The summed E-state index contributed by atoms with van der Waals surface area (Å²) >= 11 is 0. The van der Waals surface area contributed by atoms with Crippen molar-refractivity contribution in [3.63, 3.8) is 0 Å². The first-order chi connectivity index (χ1) is 12.7. The average molecular weight is 377 g/mol. The second kappa shape index (κ2) is 11.2. The number of rotatable bonds is 9. The predicted octanol–water partition coefficient (Wildman–Crippen LogP) is 2.07. The lowest BCUT2D eigenvalue weighted by Gasteiger charge is -2.19. The van der Waals surface area contributed by atoms with Crippen molar-refractivity contribution in [2.45, 2.75) is 52.6 Å². The number of hydrogen-bond donors (Lipinski definition) is 3. The van der Waals surface area contributed by atoms with Crippen molar-refractivity contribution in [2.75, 3.05) is 19.6 Å². The Balaban J connectivity index is 2.06. The van der Waals surface area contributed by atoms with Gasteiger partial charge in [0.25, 0.3) is 0 Å². The van der Waals surface area contributed by atoms with Gasteiger partial charge in [-0.05, 0) is 39.7 Å². The maximum absolute atomic E-state index is 11.8. The number of carbonyl (C=O) groups is 3. The number of aryl methyl sites for hydroxylation is 2. The van der Waals surface area contributed by atoms with Crippen LogP contribution >= 0.6 is 0 Å². The molecule has 0 aliphatic heterocycles. The maximum atomic E-state index is 11.8. The van der Waals surface area contributed by atoms with E-state index < -0.39 is 11.7 Å². The van der Waals surface area contributed by atoms with E-state index in [4.69, 9.17) is 4.74 Å². The van der Waals surface area contributed by atoms with Crippen LogP contribution in [-0.4, -0.2) is 43.1 Å². The summed E-state index contributed by atoms with van der Waals surface area (Å²) in [4.78, 5) is 34.9. The van der Waals surface area contributed by atoms with Gasteiger partial charge in [-0.25, -0.2) is 4.79 Å². The molecule has 3 N–H and O–H groups in total. The quantitative estimate of drug-likeness (QED) is 0.574. The molecule has 0 radical (unpaired) electrons.